The van der Waals surface area contributed by atoms with Crippen LogP contribution in [-0.2, 0) is 33.3 Å². The molecule has 2 bridgehead atoms. The molecule has 160 valence electrons. The first-order valence-corrected chi connectivity index (χ1v) is 9.65. The van der Waals surface area contributed by atoms with Gasteiger partial charge in [-0.1, -0.05) is 6.58 Å². The highest BCUT2D eigenvalue weighted by Gasteiger charge is 2.65. The molecule has 29 heavy (non-hydrogen) atoms. The quantitative estimate of drug-likeness (QED) is 0.384. The van der Waals surface area contributed by atoms with Crippen LogP contribution in [-0.4, -0.2) is 55.1 Å². The van der Waals surface area contributed by atoms with E-state index in [0.29, 0.717) is 32.1 Å². The highest BCUT2D eigenvalue weighted by molar-refractivity contribution is 5.89. The number of fused-ring (bicyclic) bond motifs is 1. The molecule has 0 radical (unpaired) electrons. The van der Waals surface area contributed by atoms with Gasteiger partial charge in [0.25, 0.3) is 0 Å². The van der Waals surface area contributed by atoms with Gasteiger partial charge in [0.2, 0.25) is 0 Å². The van der Waals surface area contributed by atoms with Gasteiger partial charge < -0.3 is 18.9 Å². The van der Waals surface area contributed by atoms with E-state index in [1.807, 2.05) is 0 Å². The molecule has 5 unspecified atom stereocenters. The lowest BCUT2D eigenvalue weighted by Gasteiger charge is -2.29. The normalized spacial score (nSPS) is 37.9. The molecule has 0 aromatic heterocycles. The van der Waals surface area contributed by atoms with Crippen LogP contribution in [0.2, 0.25) is 0 Å². The summed E-state index contributed by atoms with van der Waals surface area (Å²) < 4.78 is 58.5. The first-order valence-electron chi connectivity index (χ1n) is 9.65. The van der Waals surface area contributed by atoms with E-state index in [1.54, 1.807) is 0 Å². The molecule has 3 heterocycles. The maximum absolute atomic E-state index is 12.5. The van der Waals surface area contributed by atoms with Crippen molar-refractivity contribution in [3.8, 4) is 0 Å². The molecule has 0 aromatic rings. The van der Waals surface area contributed by atoms with Crippen molar-refractivity contribution in [2.75, 3.05) is 6.61 Å². The van der Waals surface area contributed by atoms with E-state index in [0.717, 1.165) is 0 Å². The zero-order chi connectivity index (χ0) is 20.9. The second-order valence-corrected chi connectivity index (χ2v) is 8.08. The minimum absolute atomic E-state index is 0.119. The van der Waals surface area contributed by atoms with Gasteiger partial charge in [0.05, 0.1) is 24.5 Å². The molecule has 4 aliphatic rings. The van der Waals surface area contributed by atoms with Gasteiger partial charge in [0.15, 0.2) is 12.2 Å². The molecule has 1 saturated carbocycles. The number of alkyl halides is 3. The topological polar surface area (TPSA) is 88.1 Å². The third-order valence-corrected chi connectivity index (χ3v) is 6.25. The molecule has 10 heteroatoms. The van der Waals surface area contributed by atoms with Crippen LogP contribution >= 0.6 is 0 Å². The smallest absolute Gasteiger partial charge is 0.422 e. The fourth-order valence-corrected chi connectivity index (χ4v) is 4.57. The molecule has 5 atom stereocenters. The average Bonchev–Trinajstić information content (AvgIpc) is 3.30. The average molecular weight is 418 g/mol. The van der Waals surface area contributed by atoms with E-state index in [-0.39, 0.29) is 48.5 Å². The van der Waals surface area contributed by atoms with E-state index >= 15 is 0 Å². The number of halogens is 3. The van der Waals surface area contributed by atoms with Crippen molar-refractivity contribution in [2.24, 2.45) is 17.8 Å². The molecule has 0 N–H and O–H groups in total. The minimum atomic E-state index is -4.81. The van der Waals surface area contributed by atoms with Gasteiger partial charge in [-0.05, 0) is 38.0 Å². The van der Waals surface area contributed by atoms with Gasteiger partial charge in [0, 0.05) is 0 Å². The maximum Gasteiger partial charge on any atom is 0.422 e. The number of hydrogen-bond acceptors (Lipinski definition) is 7. The fourth-order valence-electron chi connectivity index (χ4n) is 4.57. The minimum Gasteiger partial charge on any atom is -0.462 e. The zero-order valence-electron chi connectivity index (χ0n) is 15.5. The van der Waals surface area contributed by atoms with Gasteiger partial charge in [0.1, 0.15) is 11.7 Å². The molecular formula is C19H21F3O7. The van der Waals surface area contributed by atoms with Gasteiger partial charge in [-0.2, -0.15) is 13.2 Å². The van der Waals surface area contributed by atoms with E-state index < -0.39 is 29.9 Å². The van der Waals surface area contributed by atoms with Gasteiger partial charge in [-0.25, -0.2) is 4.79 Å². The Kier molecular flexibility index (Phi) is 5.08. The number of esters is 3. The lowest BCUT2D eigenvalue weighted by Crippen LogP contribution is -2.41. The van der Waals surface area contributed by atoms with Crippen molar-refractivity contribution in [1.29, 1.82) is 0 Å². The van der Waals surface area contributed by atoms with Crippen LogP contribution in [0, 0.1) is 17.8 Å². The Labute approximate surface area is 164 Å². The maximum atomic E-state index is 12.5. The summed E-state index contributed by atoms with van der Waals surface area (Å²) in [4.78, 5) is 35.6. The number of hydrogen-bond donors (Lipinski definition) is 0. The van der Waals surface area contributed by atoms with E-state index in [2.05, 4.69) is 6.58 Å². The summed E-state index contributed by atoms with van der Waals surface area (Å²) in [5, 5.41) is 0. The summed E-state index contributed by atoms with van der Waals surface area (Å²) >= 11 is 0. The molecule has 0 amide bonds. The van der Waals surface area contributed by atoms with Crippen LogP contribution in [0.25, 0.3) is 0 Å². The molecular weight excluding hydrogens is 397 g/mol. The van der Waals surface area contributed by atoms with Crippen LogP contribution in [0.3, 0.4) is 0 Å². The summed E-state index contributed by atoms with van der Waals surface area (Å²) in [6, 6.07) is 0. The number of carbonyl (C=O) groups excluding carboxylic acids is 3. The Balaban J connectivity index is 1.21. The second-order valence-electron chi connectivity index (χ2n) is 8.08. The Bertz CT molecular complexity index is 726. The van der Waals surface area contributed by atoms with Crippen molar-refractivity contribution in [3.63, 3.8) is 0 Å². The summed E-state index contributed by atoms with van der Waals surface area (Å²) in [6.45, 7) is 2.56. The summed E-state index contributed by atoms with van der Waals surface area (Å²) in [5.41, 5.74) is -1.53. The van der Waals surface area contributed by atoms with Crippen molar-refractivity contribution < 1.29 is 46.5 Å². The largest absolute Gasteiger partial charge is 0.462 e. The van der Waals surface area contributed by atoms with Crippen LogP contribution in [0.5, 0.6) is 0 Å². The first kappa shape index (κ1) is 20.2. The highest BCUT2D eigenvalue weighted by atomic mass is 19.4. The van der Waals surface area contributed by atoms with Crippen LogP contribution < -0.4 is 0 Å². The van der Waals surface area contributed by atoms with E-state index in [9.17, 15) is 27.6 Å². The van der Waals surface area contributed by atoms with Gasteiger partial charge in [-0.3, -0.25) is 9.59 Å². The predicted molar refractivity (Wildman–Crippen MR) is 88.1 cm³/mol. The summed E-state index contributed by atoms with van der Waals surface area (Å²) in [7, 11) is 0. The van der Waals surface area contributed by atoms with Crippen molar-refractivity contribution in [2.45, 2.75) is 62.7 Å². The number of carbonyl (C=O) groups is 3. The predicted octanol–water partition coefficient (Wildman–Crippen LogP) is 2.08. The standard InChI is InChI=1S/C19H21F3O7/c1-8(19(20,21)22)16(23)26-7-9-2-4-10(5-3-9)17(24)28-14-12-6-11-13(27-12)15(14)29-18(11)25/h9-15H,1-7H2. The fraction of sp³-hybridized carbons (Fsp3) is 0.737. The molecule has 3 aliphatic heterocycles. The Morgan fingerprint density at radius 3 is 2.48 bits per heavy atom. The van der Waals surface area contributed by atoms with E-state index in [1.165, 1.54) is 0 Å². The SMILES string of the molecule is C=C(C(=O)OCC1CCC(C(=O)OC2C3CC4C(=O)OC2C4O3)CC1)C(F)(F)F. The third-order valence-electron chi connectivity index (χ3n) is 6.25. The lowest BCUT2D eigenvalue weighted by molar-refractivity contribution is -0.166. The molecule has 4 rings (SSSR count). The molecule has 0 aromatic carbocycles. The van der Waals surface area contributed by atoms with Crippen LogP contribution in [0.4, 0.5) is 13.2 Å². The molecule has 4 fully saturated rings. The number of ether oxygens (including phenoxy) is 4. The third kappa shape index (κ3) is 3.74. The Hall–Kier alpha value is -2.10. The van der Waals surface area contributed by atoms with E-state index in [4.69, 9.17) is 18.9 Å². The summed E-state index contributed by atoms with van der Waals surface area (Å²) in [6.07, 6.45) is -4.06. The monoisotopic (exact) mass is 418 g/mol. The van der Waals surface area contributed by atoms with Crippen LogP contribution in [0.15, 0.2) is 12.2 Å². The van der Waals surface area contributed by atoms with Crippen molar-refractivity contribution in [3.05, 3.63) is 12.2 Å². The first-order chi connectivity index (χ1) is 13.6. The molecule has 3 saturated heterocycles. The highest BCUT2D eigenvalue weighted by Crippen LogP contribution is 2.47. The van der Waals surface area contributed by atoms with Gasteiger partial charge >= 0.3 is 24.1 Å². The lowest BCUT2D eigenvalue weighted by atomic mass is 9.82. The Morgan fingerprint density at radius 2 is 1.83 bits per heavy atom. The second kappa shape index (κ2) is 7.30. The van der Waals surface area contributed by atoms with Crippen molar-refractivity contribution in [1.82, 2.24) is 0 Å². The summed E-state index contributed by atoms with van der Waals surface area (Å²) in [5.74, 6) is -2.88. The zero-order valence-corrected chi connectivity index (χ0v) is 15.5. The number of rotatable bonds is 5. The molecule has 1 aliphatic carbocycles. The van der Waals surface area contributed by atoms with Crippen molar-refractivity contribution >= 4 is 17.9 Å². The molecule has 7 nitrogen and oxygen atoms in total. The van der Waals surface area contributed by atoms with Crippen LogP contribution in [0.1, 0.15) is 32.1 Å². The molecule has 0 spiro atoms. The Morgan fingerprint density at radius 1 is 1.14 bits per heavy atom. The van der Waals surface area contributed by atoms with Gasteiger partial charge in [-0.15, -0.1) is 0 Å².